The van der Waals surface area contributed by atoms with Crippen LogP contribution in [0.1, 0.15) is 28.7 Å². The second-order valence-corrected chi connectivity index (χ2v) is 7.92. The smallest absolute Gasteiger partial charge is 0.293 e. The van der Waals surface area contributed by atoms with Crippen molar-refractivity contribution < 1.29 is 14.2 Å². The molecule has 4 rings (SSSR count). The van der Waals surface area contributed by atoms with Crippen LogP contribution in [0.3, 0.4) is 0 Å². The number of nitrogens with one attached hydrogen (secondary N) is 2. The van der Waals surface area contributed by atoms with E-state index < -0.39 is 5.91 Å². The number of thioether (sulfide) groups is 1. The molecule has 2 aromatic heterocycles. The zero-order valence-corrected chi connectivity index (χ0v) is 18.7. The lowest BCUT2D eigenvalue weighted by Gasteiger charge is -2.05. The molecule has 12 nitrogen and oxygen atoms in total. The molecular formula is C21H19N9O3S. The van der Waals surface area contributed by atoms with Crippen molar-refractivity contribution in [2.24, 2.45) is 5.10 Å². The highest BCUT2D eigenvalue weighted by Crippen LogP contribution is 2.25. The standard InChI is InChI=1S/C21H19N9O3S/c1-13(31)24-15-9-7-14(8-10-15)11-23-26-21(32)18-17(12-34-16-5-3-2-4-6-16)30(29-25-18)20-19(22)27-33-28-20/h2-11H,12H2,1H3,(H2,22,27)(H,24,31)(H,26,32)/b23-11-. The molecule has 0 aliphatic carbocycles. The van der Waals surface area contributed by atoms with Crippen molar-refractivity contribution in [3.63, 3.8) is 0 Å². The van der Waals surface area contributed by atoms with Crippen LogP contribution in [0.2, 0.25) is 0 Å². The minimum atomic E-state index is -0.559. The van der Waals surface area contributed by atoms with E-state index in [0.717, 1.165) is 10.5 Å². The molecule has 0 unspecified atom stereocenters. The predicted molar refractivity (Wildman–Crippen MR) is 125 cm³/mol. The first-order chi connectivity index (χ1) is 16.5. The van der Waals surface area contributed by atoms with E-state index >= 15 is 0 Å². The summed E-state index contributed by atoms with van der Waals surface area (Å²) < 4.78 is 5.98. The first kappa shape index (κ1) is 22.7. The van der Waals surface area contributed by atoms with Crippen molar-refractivity contribution in [2.45, 2.75) is 17.6 Å². The van der Waals surface area contributed by atoms with Gasteiger partial charge in [0.1, 0.15) is 0 Å². The molecule has 0 aliphatic heterocycles. The van der Waals surface area contributed by atoms with Gasteiger partial charge in [0.15, 0.2) is 5.69 Å². The Hall–Kier alpha value is -4.52. The number of amides is 2. The Kier molecular flexibility index (Phi) is 6.93. The molecule has 0 saturated carbocycles. The van der Waals surface area contributed by atoms with Gasteiger partial charge in [0.05, 0.1) is 11.9 Å². The minimum Gasteiger partial charge on any atom is -0.378 e. The van der Waals surface area contributed by atoms with E-state index in [1.165, 1.54) is 29.6 Å². The maximum Gasteiger partial charge on any atom is 0.293 e. The summed E-state index contributed by atoms with van der Waals surface area (Å²) in [6.07, 6.45) is 1.47. The summed E-state index contributed by atoms with van der Waals surface area (Å²) >= 11 is 1.48. The lowest BCUT2D eigenvalue weighted by Crippen LogP contribution is -2.20. The summed E-state index contributed by atoms with van der Waals surface area (Å²) in [5, 5.41) is 22.0. The van der Waals surface area contributed by atoms with Gasteiger partial charge in [-0.1, -0.05) is 35.5 Å². The van der Waals surface area contributed by atoms with Crippen LogP contribution < -0.4 is 16.5 Å². The van der Waals surface area contributed by atoms with Gasteiger partial charge in [0.25, 0.3) is 5.91 Å². The molecule has 2 amide bonds. The van der Waals surface area contributed by atoms with E-state index in [0.29, 0.717) is 17.1 Å². The fraction of sp³-hybridized carbons (Fsp3) is 0.0952. The number of carbonyl (C=O) groups is 2. The number of carbonyl (C=O) groups excluding carboxylic acids is 2. The van der Waals surface area contributed by atoms with Gasteiger partial charge >= 0.3 is 0 Å². The zero-order valence-electron chi connectivity index (χ0n) is 17.9. The van der Waals surface area contributed by atoms with Crippen molar-refractivity contribution in [3.05, 3.63) is 71.5 Å². The van der Waals surface area contributed by atoms with Gasteiger partial charge in [-0.2, -0.15) is 9.78 Å². The molecule has 0 aliphatic rings. The van der Waals surface area contributed by atoms with Crippen molar-refractivity contribution in [1.29, 1.82) is 0 Å². The molecule has 0 fully saturated rings. The SMILES string of the molecule is CC(=O)Nc1ccc(/C=N\NC(=O)c2nnn(-c3nonc3N)c2CSc2ccccc2)cc1. The number of hydrazone groups is 1. The van der Waals surface area contributed by atoms with Crippen molar-refractivity contribution in [1.82, 2.24) is 30.7 Å². The Labute approximate surface area is 197 Å². The molecule has 4 aromatic rings. The molecule has 13 heteroatoms. The average Bonchev–Trinajstić information content (AvgIpc) is 3.44. The third-order valence-electron chi connectivity index (χ3n) is 4.40. The van der Waals surface area contributed by atoms with E-state index in [1.807, 2.05) is 30.3 Å². The van der Waals surface area contributed by atoms with Crippen LogP contribution in [0, 0.1) is 0 Å². The highest BCUT2D eigenvalue weighted by atomic mass is 32.2. The minimum absolute atomic E-state index is 0.0172. The zero-order chi connectivity index (χ0) is 23.9. The van der Waals surface area contributed by atoms with E-state index in [-0.39, 0.29) is 23.2 Å². The highest BCUT2D eigenvalue weighted by molar-refractivity contribution is 7.98. The predicted octanol–water partition coefficient (Wildman–Crippen LogP) is 2.25. The molecule has 2 aromatic carbocycles. The molecule has 0 atom stereocenters. The Bertz CT molecular complexity index is 1320. The topological polar surface area (TPSA) is 166 Å². The fourth-order valence-electron chi connectivity index (χ4n) is 2.86. The number of anilines is 2. The highest BCUT2D eigenvalue weighted by Gasteiger charge is 2.24. The number of nitrogens with zero attached hydrogens (tertiary/aromatic N) is 6. The Morgan fingerprint density at radius 1 is 1.15 bits per heavy atom. The van der Waals surface area contributed by atoms with Crippen molar-refractivity contribution in [3.8, 4) is 5.82 Å². The fourth-order valence-corrected chi connectivity index (χ4v) is 3.77. The van der Waals surface area contributed by atoms with E-state index in [1.54, 1.807) is 24.3 Å². The van der Waals surface area contributed by atoms with Gasteiger partial charge in [-0.05, 0) is 40.1 Å². The van der Waals surface area contributed by atoms with Crippen molar-refractivity contribution >= 4 is 41.3 Å². The van der Waals surface area contributed by atoms with Crippen LogP contribution in [-0.2, 0) is 10.5 Å². The summed E-state index contributed by atoms with van der Waals surface area (Å²) in [5.41, 5.74) is 10.1. The second kappa shape index (κ2) is 10.4. The van der Waals surface area contributed by atoms with Gasteiger partial charge in [-0.25, -0.2) is 10.1 Å². The van der Waals surface area contributed by atoms with Gasteiger partial charge in [0, 0.05) is 23.3 Å². The van der Waals surface area contributed by atoms with Crippen LogP contribution in [0.5, 0.6) is 0 Å². The molecule has 34 heavy (non-hydrogen) atoms. The summed E-state index contributed by atoms with van der Waals surface area (Å²) in [7, 11) is 0. The first-order valence-electron chi connectivity index (χ1n) is 9.93. The molecule has 0 saturated heterocycles. The molecule has 172 valence electrons. The third kappa shape index (κ3) is 5.45. The normalized spacial score (nSPS) is 11.0. The number of nitrogen functional groups attached to an aromatic ring is 1. The molecule has 0 spiro atoms. The van der Waals surface area contributed by atoms with Crippen LogP contribution >= 0.6 is 11.8 Å². The van der Waals surface area contributed by atoms with Crippen molar-refractivity contribution in [2.75, 3.05) is 11.1 Å². The number of hydrogen-bond donors (Lipinski definition) is 3. The number of nitrogens with two attached hydrogens (primary N) is 1. The molecule has 4 N–H and O–H groups in total. The van der Waals surface area contributed by atoms with E-state index in [2.05, 4.69) is 41.1 Å². The Morgan fingerprint density at radius 3 is 2.59 bits per heavy atom. The molecule has 0 radical (unpaired) electrons. The number of hydrogen-bond acceptors (Lipinski definition) is 10. The van der Waals surface area contributed by atoms with Gasteiger partial charge in [0.2, 0.25) is 17.5 Å². The third-order valence-corrected chi connectivity index (χ3v) is 5.43. The van der Waals surface area contributed by atoms with E-state index in [4.69, 9.17) is 5.73 Å². The lowest BCUT2D eigenvalue weighted by atomic mass is 10.2. The molecule has 0 bridgehead atoms. The van der Waals surface area contributed by atoms with Gasteiger partial charge in [-0.3, -0.25) is 9.59 Å². The second-order valence-electron chi connectivity index (χ2n) is 6.87. The molecular weight excluding hydrogens is 458 g/mol. The lowest BCUT2D eigenvalue weighted by molar-refractivity contribution is -0.114. The van der Waals surface area contributed by atoms with Crippen LogP contribution in [0.25, 0.3) is 5.82 Å². The van der Waals surface area contributed by atoms with E-state index in [9.17, 15) is 9.59 Å². The summed E-state index contributed by atoms with van der Waals surface area (Å²) in [4.78, 5) is 24.9. The number of benzene rings is 2. The largest absolute Gasteiger partial charge is 0.378 e. The summed E-state index contributed by atoms with van der Waals surface area (Å²) in [6, 6.07) is 16.6. The maximum atomic E-state index is 12.8. The van der Waals surface area contributed by atoms with Crippen LogP contribution in [0.15, 0.2) is 69.2 Å². The quantitative estimate of drug-likeness (QED) is 0.196. The summed E-state index contributed by atoms with van der Waals surface area (Å²) in [5.74, 6) is -0.218. The first-order valence-corrected chi connectivity index (χ1v) is 10.9. The number of rotatable bonds is 8. The summed E-state index contributed by atoms with van der Waals surface area (Å²) in [6.45, 7) is 1.43. The van der Waals surface area contributed by atoms with Gasteiger partial charge in [-0.15, -0.1) is 16.9 Å². The molecule has 2 heterocycles. The monoisotopic (exact) mass is 477 g/mol. The number of aromatic nitrogens is 5. The van der Waals surface area contributed by atoms with Crippen LogP contribution in [-0.4, -0.2) is 43.3 Å². The van der Waals surface area contributed by atoms with Gasteiger partial charge < -0.3 is 11.1 Å². The average molecular weight is 478 g/mol. The maximum absolute atomic E-state index is 12.8. The Balaban J connectivity index is 1.51. The Morgan fingerprint density at radius 2 is 1.91 bits per heavy atom. The van der Waals surface area contributed by atoms with Crippen LogP contribution in [0.4, 0.5) is 11.5 Å².